The van der Waals surface area contributed by atoms with Gasteiger partial charge in [-0.2, -0.15) is 5.10 Å². The highest BCUT2D eigenvalue weighted by Gasteiger charge is 2.30. The maximum atomic E-state index is 13.0. The van der Waals surface area contributed by atoms with E-state index in [-0.39, 0.29) is 5.91 Å². The lowest BCUT2D eigenvalue weighted by atomic mass is 10.2. The van der Waals surface area contributed by atoms with E-state index < -0.39 is 0 Å². The number of fused-ring (bicyclic) bond motifs is 1. The molecule has 27 heavy (non-hydrogen) atoms. The molecule has 0 saturated carbocycles. The van der Waals surface area contributed by atoms with Crippen LogP contribution in [0.5, 0.6) is 11.5 Å². The van der Waals surface area contributed by atoms with Crippen LogP contribution in [-0.2, 0) is 13.2 Å². The highest BCUT2D eigenvalue weighted by atomic mass is 16.5. The first kappa shape index (κ1) is 17.0. The summed E-state index contributed by atoms with van der Waals surface area (Å²) in [5.41, 5.74) is 1.21. The Kier molecular flexibility index (Phi) is 4.45. The van der Waals surface area contributed by atoms with E-state index in [4.69, 9.17) is 9.47 Å². The number of aromatic nitrogens is 4. The van der Waals surface area contributed by atoms with Gasteiger partial charge in [-0.05, 0) is 25.1 Å². The van der Waals surface area contributed by atoms with Gasteiger partial charge in [0.1, 0.15) is 29.6 Å². The minimum Gasteiger partial charge on any atom is -0.491 e. The summed E-state index contributed by atoms with van der Waals surface area (Å²) in [4.78, 5) is 23.1. The summed E-state index contributed by atoms with van der Waals surface area (Å²) in [6.07, 6.45) is 1.58. The number of rotatable bonds is 5. The van der Waals surface area contributed by atoms with Gasteiger partial charge in [-0.25, -0.2) is 9.97 Å². The number of para-hydroxylation sites is 1. The molecule has 0 aliphatic carbocycles. The van der Waals surface area contributed by atoms with Crippen LogP contribution in [0.2, 0.25) is 0 Å². The fraction of sp³-hybridized carbons (Fsp3) is 0.263. The SMILES string of the molecule is COc1cnc(C)nc1N1CCn2nc(COc3ccccc3)cc2C1=O. The number of carbonyl (C=O) groups excluding carboxylic acids is 1. The molecule has 1 aromatic carbocycles. The number of hydrogen-bond donors (Lipinski definition) is 0. The zero-order valence-electron chi connectivity index (χ0n) is 15.1. The summed E-state index contributed by atoms with van der Waals surface area (Å²) in [5, 5.41) is 4.48. The Morgan fingerprint density at radius 3 is 2.78 bits per heavy atom. The lowest BCUT2D eigenvalue weighted by Crippen LogP contribution is -2.41. The molecular weight excluding hydrogens is 346 g/mol. The Balaban J connectivity index is 1.56. The molecule has 0 spiro atoms. The number of aryl methyl sites for hydroxylation is 1. The first-order valence-electron chi connectivity index (χ1n) is 8.60. The van der Waals surface area contributed by atoms with Gasteiger partial charge >= 0.3 is 0 Å². The third-order valence-corrected chi connectivity index (χ3v) is 4.29. The van der Waals surface area contributed by atoms with E-state index in [1.54, 1.807) is 28.8 Å². The Labute approximate surface area is 156 Å². The van der Waals surface area contributed by atoms with E-state index in [1.165, 1.54) is 7.11 Å². The van der Waals surface area contributed by atoms with Crippen molar-refractivity contribution in [1.29, 1.82) is 0 Å². The average Bonchev–Trinajstić information content (AvgIpc) is 3.12. The van der Waals surface area contributed by atoms with Crippen LogP contribution in [0.15, 0.2) is 42.6 Å². The highest BCUT2D eigenvalue weighted by Crippen LogP contribution is 2.28. The smallest absolute Gasteiger partial charge is 0.277 e. The summed E-state index contributed by atoms with van der Waals surface area (Å²) in [7, 11) is 1.54. The summed E-state index contributed by atoms with van der Waals surface area (Å²) in [6, 6.07) is 11.3. The molecule has 0 bridgehead atoms. The fourth-order valence-electron chi connectivity index (χ4n) is 2.98. The maximum Gasteiger partial charge on any atom is 0.277 e. The second-order valence-electron chi connectivity index (χ2n) is 6.11. The zero-order valence-corrected chi connectivity index (χ0v) is 15.1. The van der Waals surface area contributed by atoms with E-state index in [1.807, 2.05) is 30.3 Å². The molecule has 1 aliphatic rings. The van der Waals surface area contributed by atoms with Crippen LogP contribution >= 0.6 is 0 Å². The van der Waals surface area contributed by atoms with Gasteiger partial charge in [-0.15, -0.1) is 0 Å². The molecule has 8 nitrogen and oxygen atoms in total. The second-order valence-corrected chi connectivity index (χ2v) is 6.11. The third kappa shape index (κ3) is 3.33. The van der Waals surface area contributed by atoms with Gasteiger partial charge in [0.05, 0.1) is 19.9 Å². The third-order valence-electron chi connectivity index (χ3n) is 4.29. The summed E-state index contributed by atoms with van der Waals surface area (Å²) < 4.78 is 12.8. The second kappa shape index (κ2) is 7.06. The predicted octanol–water partition coefficient (Wildman–Crippen LogP) is 2.23. The fourth-order valence-corrected chi connectivity index (χ4v) is 2.98. The molecule has 1 amide bonds. The first-order valence-corrected chi connectivity index (χ1v) is 8.60. The van der Waals surface area contributed by atoms with Gasteiger partial charge in [-0.1, -0.05) is 18.2 Å². The van der Waals surface area contributed by atoms with Crippen molar-refractivity contribution in [2.24, 2.45) is 0 Å². The average molecular weight is 365 g/mol. The molecule has 3 aromatic rings. The molecule has 1 aliphatic heterocycles. The maximum absolute atomic E-state index is 13.0. The largest absolute Gasteiger partial charge is 0.491 e. The molecule has 0 atom stereocenters. The Bertz CT molecular complexity index is 971. The number of hydrogen-bond acceptors (Lipinski definition) is 6. The van der Waals surface area contributed by atoms with E-state index >= 15 is 0 Å². The topological polar surface area (TPSA) is 82.4 Å². The van der Waals surface area contributed by atoms with Gasteiger partial charge in [-0.3, -0.25) is 14.4 Å². The molecule has 8 heteroatoms. The van der Waals surface area contributed by atoms with Crippen molar-refractivity contribution >= 4 is 11.7 Å². The number of nitrogens with zero attached hydrogens (tertiary/aromatic N) is 5. The molecule has 0 unspecified atom stereocenters. The van der Waals surface area contributed by atoms with E-state index in [2.05, 4.69) is 15.1 Å². The summed E-state index contributed by atoms with van der Waals surface area (Å²) in [6.45, 7) is 3.10. The molecule has 4 rings (SSSR count). The van der Waals surface area contributed by atoms with E-state index in [0.29, 0.717) is 48.5 Å². The summed E-state index contributed by atoms with van der Waals surface area (Å²) in [5.74, 6) is 2.11. The molecule has 0 N–H and O–H groups in total. The minimum atomic E-state index is -0.170. The molecule has 0 fully saturated rings. The van der Waals surface area contributed by atoms with Crippen LogP contribution in [0.1, 0.15) is 22.0 Å². The number of amides is 1. The number of carbonyl (C=O) groups is 1. The molecule has 138 valence electrons. The quantitative estimate of drug-likeness (QED) is 0.690. The normalized spacial score (nSPS) is 13.4. The van der Waals surface area contributed by atoms with Crippen molar-refractivity contribution in [2.45, 2.75) is 20.1 Å². The monoisotopic (exact) mass is 365 g/mol. The summed E-state index contributed by atoms with van der Waals surface area (Å²) >= 11 is 0. The van der Waals surface area contributed by atoms with Crippen LogP contribution in [0.3, 0.4) is 0 Å². The molecule has 0 radical (unpaired) electrons. The van der Waals surface area contributed by atoms with Gasteiger partial charge in [0.2, 0.25) is 0 Å². The number of anilines is 1. The van der Waals surface area contributed by atoms with Crippen LogP contribution in [-0.4, -0.2) is 39.3 Å². The van der Waals surface area contributed by atoms with Crippen molar-refractivity contribution in [1.82, 2.24) is 19.7 Å². The number of benzene rings is 1. The molecule has 2 aromatic heterocycles. The number of methoxy groups -OCH3 is 1. The van der Waals surface area contributed by atoms with E-state index in [0.717, 1.165) is 5.75 Å². The zero-order chi connectivity index (χ0) is 18.8. The Hall–Kier alpha value is -3.42. The molecule has 3 heterocycles. The van der Waals surface area contributed by atoms with E-state index in [9.17, 15) is 4.79 Å². The van der Waals surface area contributed by atoms with Gasteiger partial charge in [0.25, 0.3) is 5.91 Å². The van der Waals surface area contributed by atoms with Crippen LogP contribution < -0.4 is 14.4 Å². The Morgan fingerprint density at radius 2 is 2.00 bits per heavy atom. The van der Waals surface area contributed by atoms with Crippen LogP contribution in [0.4, 0.5) is 5.82 Å². The minimum absolute atomic E-state index is 0.170. The van der Waals surface area contributed by atoms with Crippen molar-refractivity contribution in [3.8, 4) is 11.5 Å². The van der Waals surface area contributed by atoms with Crippen molar-refractivity contribution in [2.75, 3.05) is 18.6 Å². The molecular formula is C19H19N5O3. The van der Waals surface area contributed by atoms with Gasteiger partial charge in [0, 0.05) is 6.54 Å². The van der Waals surface area contributed by atoms with Crippen molar-refractivity contribution < 1.29 is 14.3 Å². The lowest BCUT2D eigenvalue weighted by Gasteiger charge is -2.27. The Morgan fingerprint density at radius 1 is 1.19 bits per heavy atom. The van der Waals surface area contributed by atoms with Crippen molar-refractivity contribution in [3.05, 3.63) is 59.8 Å². The molecule has 0 saturated heterocycles. The lowest BCUT2D eigenvalue weighted by molar-refractivity contribution is 0.0960. The van der Waals surface area contributed by atoms with Crippen LogP contribution in [0, 0.1) is 6.92 Å². The van der Waals surface area contributed by atoms with Gasteiger partial charge in [0.15, 0.2) is 11.6 Å². The first-order chi connectivity index (χ1) is 13.2. The number of ether oxygens (including phenoxy) is 2. The van der Waals surface area contributed by atoms with Crippen LogP contribution in [0.25, 0.3) is 0 Å². The predicted molar refractivity (Wildman–Crippen MR) is 98.0 cm³/mol. The van der Waals surface area contributed by atoms with Crippen molar-refractivity contribution in [3.63, 3.8) is 0 Å². The highest BCUT2D eigenvalue weighted by molar-refractivity contribution is 6.05. The standard InChI is InChI=1S/C19H19N5O3/c1-13-20-11-17(26-2)18(21-13)23-8-9-24-16(19(23)25)10-14(22-24)12-27-15-6-4-3-5-7-15/h3-7,10-11H,8-9,12H2,1-2H3. The van der Waals surface area contributed by atoms with Gasteiger partial charge < -0.3 is 9.47 Å².